The van der Waals surface area contributed by atoms with Crippen molar-refractivity contribution in [2.75, 3.05) is 42.0 Å². The van der Waals surface area contributed by atoms with Gasteiger partial charge in [-0.05, 0) is 19.1 Å². The number of aliphatic imine (C=N–C) groups is 1. The standard InChI is InChI=1S/C22H31N3O4.HI/c1-7-23-22(25(2)15-16-10-8-9-11-18(16)26-3)24-14-17-12-20(28-5)21(29-6)13-19(17)27-4;/h8-13H,7,14-15H2,1-6H3,(H,23,24);1H. The second-order valence-electron chi connectivity index (χ2n) is 6.36. The van der Waals surface area contributed by atoms with Crippen molar-refractivity contribution in [1.29, 1.82) is 0 Å². The van der Waals surface area contributed by atoms with Gasteiger partial charge in [0.25, 0.3) is 0 Å². The number of nitrogens with zero attached hydrogens (tertiary/aromatic N) is 2. The van der Waals surface area contributed by atoms with Crippen molar-refractivity contribution in [1.82, 2.24) is 10.2 Å². The van der Waals surface area contributed by atoms with Gasteiger partial charge >= 0.3 is 0 Å². The molecule has 0 atom stereocenters. The number of rotatable bonds is 9. The summed E-state index contributed by atoms with van der Waals surface area (Å²) in [6.07, 6.45) is 0. The maximum Gasteiger partial charge on any atom is 0.194 e. The molecule has 0 unspecified atom stereocenters. The van der Waals surface area contributed by atoms with E-state index < -0.39 is 0 Å². The monoisotopic (exact) mass is 529 g/mol. The largest absolute Gasteiger partial charge is 0.496 e. The number of para-hydroxylation sites is 1. The van der Waals surface area contributed by atoms with Crippen LogP contribution in [0.3, 0.4) is 0 Å². The number of methoxy groups -OCH3 is 4. The van der Waals surface area contributed by atoms with Crippen LogP contribution in [0.1, 0.15) is 18.1 Å². The lowest BCUT2D eigenvalue weighted by molar-refractivity contribution is 0.347. The Hall–Kier alpha value is -2.36. The lowest BCUT2D eigenvalue weighted by Gasteiger charge is -2.23. The molecule has 0 saturated heterocycles. The van der Waals surface area contributed by atoms with Gasteiger partial charge in [0.2, 0.25) is 0 Å². The lowest BCUT2D eigenvalue weighted by atomic mass is 10.1. The molecule has 8 heteroatoms. The summed E-state index contributed by atoms with van der Waals surface area (Å²) in [6.45, 7) is 3.91. The summed E-state index contributed by atoms with van der Waals surface area (Å²) < 4.78 is 21.7. The van der Waals surface area contributed by atoms with Gasteiger partial charge in [0.05, 0.1) is 35.0 Å². The fourth-order valence-corrected chi connectivity index (χ4v) is 3.01. The Morgan fingerprint density at radius 1 is 0.867 bits per heavy atom. The average molecular weight is 529 g/mol. The van der Waals surface area contributed by atoms with Crippen molar-refractivity contribution in [2.24, 2.45) is 4.99 Å². The predicted octanol–water partition coefficient (Wildman–Crippen LogP) is 3.94. The van der Waals surface area contributed by atoms with Crippen molar-refractivity contribution in [2.45, 2.75) is 20.0 Å². The molecule has 0 aliphatic heterocycles. The summed E-state index contributed by atoms with van der Waals surface area (Å²) in [5.74, 6) is 3.62. The van der Waals surface area contributed by atoms with E-state index in [1.807, 2.05) is 44.3 Å². The predicted molar refractivity (Wildman–Crippen MR) is 131 cm³/mol. The van der Waals surface area contributed by atoms with Crippen LogP contribution >= 0.6 is 24.0 Å². The summed E-state index contributed by atoms with van der Waals surface area (Å²) in [7, 11) is 8.53. The molecule has 0 spiro atoms. The first-order chi connectivity index (χ1) is 14.1. The van der Waals surface area contributed by atoms with Crippen LogP contribution in [0, 0.1) is 0 Å². The number of guanidine groups is 1. The highest BCUT2D eigenvalue weighted by atomic mass is 127. The van der Waals surface area contributed by atoms with Crippen molar-refractivity contribution < 1.29 is 18.9 Å². The van der Waals surface area contributed by atoms with Gasteiger partial charge in [-0.15, -0.1) is 24.0 Å². The van der Waals surface area contributed by atoms with Crippen molar-refractivity contribution in [3.63, 3.8) is 0 Å². The highest BCUT2D eigenvalue weighted by molar-refractivity contribution is 14.0. The van der Waals surface area contributed by atoms with E-state index in [4.69, 9.17) is 23.9 Å². The minimum absolute atomic E-state index is 0. The Morgan fingerprint density at radius 3 is 2.07 bits per heavy atom. The van der Waals surface area contributed by atoms with Crippen LogP contribution in [0.5, 0.6) is 23.0 Å². The molecule has 0 aliphatic carbocycles. The lowest BCUT2D eigenvalue weighted by Crippen LogP contribution is -2.38. The molecule has 166 valence electrons. The Balaban J connectivity index is 0.00000450. The van der Waals surface area contributed by atoms with Crippen molar-refractivity contribution in [3.05, 3.63) is 47.5 Å². The zero-order chi connectivity index (χ0) is 21.2. The molecule has 0 fully saturated rings. The number of halogens is 1. The Kier molecular flexibility index (Phi) is 11.2. The van der Waals surface area contributed by atoms with E-state index in [1.54, 1.807) is 28.4 Å². The van der Waals surface area contributed by atoms with E-state index in [1.165, 1.54) is 0 Å². The fraction of sp³-hybridized carbons (Fsp3) is 0.409. The van der Waals surface area contributed by atoms with Gasteiger partial charge in [-0.3, -0.25) is 0 Å². The van der Waals surface area contributed by atoms with Crippen LogP contribution in [0.2, 0.25) is 0 Å². The van der Waals surface area contributed by atoms with Gasteiger partial charge in [0.15, 0.2) is 17.5 Å². The molecule has 7 nitrogen and oxygen atoms in total. The maximum atomic E-state index is 5.51. The molecule has 0 heterocycles. The molecular weight excluding hydrogens is 497 g/mol. The SMILES string of the molecule is CCNC(=NCc1cc(OC)c(OC)cc1OC)N(C)Cc1ccccc1OC.I. The van der Waals surface area contributed by atoms with Crippen LogP contribution in [0.15, 0.2) is 41.4 Å². The molecule has 0 bridgehead atoms. The van der Waals surface area contributed by atoms with Crippen LogP contribution in [0.25, 0.3) is 0 Å². The second-order valence-corrected chi connectivity index (χ2v) is 6.36. The van der Waals surface area contributed by atoms with Gasteiger partial charge in [-0.2, -0.15) is 0 Å². The highest BCUT2D eigenvalue weighted by Crippen LogP contribution is 2.35. The maximum absolute atomic E-state index is 5.51. The van der Waals surface area contributed by atoms with E-state index in [-0.39, 0.29) is 24.0 Å². The summed E-state index contributed by atoms with van der Waals surface area (Å²) in [5.41, 5.74) is 2.00. The third-order valence-corrected chi connectivity index (χ3v) is 4.48. The second kappa shape index (κ2) is 13.0. The fourth-order valence-electron chi connectivity index (χ4n) is 3.01. The highest BCUT2D eigenvalue weighted by Gasteiger charge is 2.13. The Bertz CT molecular complexity index is 830. The zero-order valence-corrected chi connectivity index (χ0v) is 20.9. The van der Waals surface area contributed by atoms with Crippen LogP contribution in [0.4, 0.5) is 0 Å². The first-order valence-corrected chi connectivity index (χ1v) is 9.48. The molecule has 2 aromatic rings. The summed E-state index contributed by atoms with van der Waals surface area (Å²) in [6, 6.07) is 11.7. The van der Waals surface area contributed by atoms with Crippen LogP contribution < -0.4 is 24.3 Å². The van der Waals surface area contributed by atoms with Gasteiger partial charge < -0.3 is 29.2 Å². The van der Waals surface area contributed by atoms with E-state index in [2.05, 4.69) is 16.3 Å². The quantitative estimate of drug-likeness (QED) is 0.302. The van der Waals surface area contributed by atoms with Crippen LogP contribution in [-0.2, 0) is 13.1 Å². The first kappa shape index (κ1) is 25.7. The van der Waals surface area contributed by atoms with Crippen molar-refractivity contribution in [3.8, 4) is 23.0 Å². The number of hydrogen-bond donors (Lipinski definition) is 1. The first-order valence-electron chi connectivity index (χ1n) is 9.48. The smallest absolute Gasteiger partial charge is 0.194 e. The third kappa shape index (κ3) is 6.58. The number of nitrogens with one attached hydrogen (secondary N) is 1. The van der Waals surface area contributed by atoms with Gasteiger partial charge in [-0.25, -0.2) is 4.99 Å². The zero-order valence-electron chi connectivity index (χ0n) is 18.5. The topological polar surface area (TPSA) is 64.6 Å². The molecule has 30 heavy (non-hydrogen) atoms. The van der Waals surface area contributed by atoms with Gasteiger partial charge in [-0.1, -0.05) is 18.2 Å². The Morgan fingerprint density at radius 2 is 1.47 bits per heavy atom. The summed E-state index contributed by atoms with van der Waals surface area (Å²) in [4.78, 5) is 6.85. The van der Waals surface area contributed by atoms with E-state index >= 15 is 0 Å². The summed E-state index contributed by atoms with van der Waals surface area (Å²) >= 11 is 0. The van der Waals surface area contributed by atoms with Gasteiger partial charge in [0, 0.05) is 37.3 Å². The molecule has 0 aromatic heterocycles. The molecule has 1 N–H and O–H groups in total. The van der Waals surface area contributed by atoms with Crippen LogP contribution in [-0.4, -0.2) is 52.9 Å². The average Bonchev–Trinajstić information content (AvgIpc) is 2.76. The minimum Gasteiger partial charge on any atom is -0.496 e. The molecule has 0 amide bonds. The normalized spacial score (nSPS) is 10.7. The molecule has 0 aliphatic rings. The van der Waals surface area contributed by atoms with E-state index in [9.17, 15) is 0 Å². The summed E-state index contributed by atoms with van der Waals surface area (Å²) in [5, 5.41) is 3.34. The third-order valence-electron chi connectivity index (χ3n) is 4.48. The van der Waals surface area contributed by atoms with E-state index in [0.717, 1.165) is 29.4 Å². The molecule has 2 aromatic carbocycles. The molecule has 2 rings (SSSR count). The Labute approximate surface area is 196 Å². The number of benzene rings is 2. The molecule has 0 radical (unpaired) electrons. The number of ether oxygens (including phenoxy) is 4. The van der Waals surface area contributed by atoms with E-state index in [0.29, 0.717) is 30.3 Å². The van der Waals surface area contributed by atoms with Crippen molar-refractivity contribution >= 4 is 29.9 Å². The van der Waals surface area contributed by atoms with Gasteiger partial charge in [0.1, 0.15) is 11.5 Å². The minimum atomic E-state index is 0. The number of hydrogen-bond acceptors (Lipinski definition) is 5. The molecule has 0 saturated carbocycles. The molecular formula is C22H32IN3O4.